The molecule has 0 bridgehead atoms. The van der Waals surface area contributed by atoms with Gasteiger partial charge in [-0.05, 0) is 5.56 Å². The quantitative estimate of drug-likeness (QED) is 0.450. The number of hydrogen-bond donors (Lipinski definition) is 0. The minimum absolute atomic E-state index is 0.131. The Morgan fingerprint density at radius 2 is 1.76 bits per heavy atom. The van der Waals surface area contributed by atoms with Crippen LogP contribution in [-0.4, -0.2) is 27.9 Å². The Bertz CT molecular complexity index is 482. The normalized spacial score (nSPS) is 10.6. The van der Waals surface area contributed by atoms with E-state index in [9.17, 15) is 8.42 Å². The molecule has 0 radical (unpaired) electrons. The van der Waals surface area contributed by atoms with Gasteiger partial charge in [-0.3, -0.25) is 4.18 Å². The van der Waals surface area contributed by atoms with Crippen molar-refractivity contribution in [2.45, 2.75) is 6.61 Å². The molecule has 0 saturated heterocycles. The van der Waals surface area contributed by atoms with Crippen molar-refractivity contribution in [1.82, 2.24) is 0 Å². The van der Waals surface area contributed by atoms with Crippen molar-refractivity contribution in [1.29, 1.82) is 0 Å². The van der Waals surface area contributed by atoms with E-state index in [2.05, 4.69) is 16.0 Å². The number of benzene rings is 1. The standard InChI is InChI=1S/C12H14O4S/c1-17(13,14)16-10-6-5-9-15-11-12-7-3-2-4-8-12/h2-4,7-8H,9-11H2,1H3. The molecule has 1 aromatic carbocycles. The third-order valence-corrected chi connectivity index (χ3v) is 2.30. The highest BCUT2D eigenvalue weighted by Crippen LogP contribution is 1.99. The van der Waals surface area contributed by atoms with Gasteiger partial charge in [0.1, 0.15) is 13.2 Å². The molecule has 0 heterocycles. The van der Waals surface area contributed by atoms with E-state index in [1.807, 2.05) is 30.3 Å². The molecule has 0 aliphatic heterocycles. The highest BCUT2D eigenvalue weighted by atomic mass is 32.2. The van der Waals surface area contributed by atoms with Crippen LogP contribution in [0.15, 0.2) is 30.3 Å². The lowest BCUT2D eigenvalue weighted by Gasteiger charge is -1.99. The summed E-state index contributed by atoms with van der Waals surface area (Å²) >= 11 is 0. The van der Waals surface area contributed by atoms with Gasteiger partial charge >= 0.3 is 0 Å². The summed E-state index contributed by atoms with van der Waals surface area (Å²) in [5.74, 6) is 5.22. The van der Waals surface area contributed by atoms with Crippen LogP contribution in [0.25, 0.3) is 0 Å². The summed E-state index contributed by atoms with van der Waals surface area (Å²) in [6.45, 7) is 0.609. The van der Waals surface area contributed by atoms with Crippen molar-refractivity contribution in [2.24, 2.45) is 0 Å². The molecule has 0 fully saturated rings. The topological polar surface area (TPSA) is 52.6 Å². The van der Waals surface area contributed by atoms with Gasteiger partial charge in [-0.2, -0.15) is 8.42 Å². The third-order valence-electron chi connectivity index (χ3n) is 1.76. The highest BCUT2D eigenvalue weighted by molar-refractivity contribution is 7.85. The summed E-state index contributed by atoms with van der Waals surface area (Å²) in [5.41, 5.74) is 1.07. The smallest absolute Gasteiger partial charge is 0.265 e. The van der Waals surface area contributed by atoms with E-state index in [0.717, 1.165) is 11.8 Å². The Hall–Kier alpha value is -1.35. The van der Waals surface area contributed by atoms with Crippen LogP contribution in [0.2, 0.25) is 0 Å². The van der Waals surface area contributed by atoms with Crippen molar-refractivity contribution in [3.8, 4) is 11.8 Å². The summed E-state index contributed by atoms with van der Waals surface area (Å²) in [7, 11) is -3.40. The Labute approximate surface area is 102 Å². The van der Waals surface area contributed by atoms with Crippen molar-refractivity contribution in [2.75, 3.05) is 19.5 Å². The Balaban J connectivity index is 2.15. The molecule has 1 rings (SSSR count). The van der Waals surface area contributed by atoms with E-state index >= 15 is 0 Å². The second-order valence-corrected chi connectivity index (χ2v) is 4.94. The molecule has 0 atom stereocenters. The van der Waals surface area contributed by atoms with Crippen LogP contribution in [0.5, 0.6) is 0 Å². The second kappa shape index (κ2) is 7.07. The maximum Gasteiger partial charge on any atom is 0.265 e. The SMILES string of the molecule is CS(=O)(=O)OCC#CCOCc1ccccc1. The maximum atomic E-state index is 10.6. The molecule has 92 valence electrons. The molecule has 0 aliphatic carbocycles. The molecule has 4 nitrogen and oxygen atoms in total. The van der Waals surface area contributed by atoms with Crippen molar-refractivity contribution >= 4 is 10.1 Å². The third kappa shape index (κ3) is 7.53. The van der Waals surface area contributed by atoms with Crippen molar-refractivity contribution < 1.29 is 17.3 Å². The first-order chi connectivity index (χ1) is 8.08. The van der Waals surface area contributed by atoms with Gasteiger partial charge in [-0.15, -0.1) is 0 Å². The van der Waals surface area contributed by atoms with Gasteiger partial charge in [0, 0.05) is 0 Å². The molecule has 5 heteroatoms. The molecular formula is C12H14O4S. The van der Waals surface area contributed by atoms with Crippen LogP contribution in [-0.2, 0) is 25.6 Å². The molecule has 0 aliphatic rings. The maximum absolute atomic E-state index is 10.6. The summed E-state index contributed by atoms with van der Waals surface area (Å²) in [6.07, 6.45) is 0.987. The first kappa shape index (κ1) is 13.7. The van der Waals surface area contributed by atoms with E-state index in [1.165, 1.54) is 0 Å². The van der Waals surface area contributed by atoms with Gasteiger partial charge in [-0.1, -0.05) is 42.2 Å². The average molecular weight is 254 g/mol. The molecular weight excluding hydrogens is 240 g/mol. The second-order valence-electron chi connectivity index (χ2n) is 3.30. The lowest BCUT2D eigenvalue weighted by Crippen LogP contribution is -2.02. The van der Waals surface area contributed by atoms with Gasteiger partial charge in [-0.25, -0.2) is 0 Å². The zero-order chi connectivity index (χ0) is 12.6. The summed E-state index contributed by atoms with van der Waals surface area (Å²) in [4.78, 5) is 0. The minimum atomic E-state index is -3.40. The molecule has 17 heavy (non-hydrogen) atoms. The van der Waals surface area contributed by atoms with Crippen LogP contribution >= 0.6 is 0 Å². The monoisotopic (exact) mass is 254 g/mol. The molecule has 0 amide bonds. The zero-order valence-electron chi connectivity index (χ0n) is 9.55. The van der Waals surface area contributed by atoms with Gasteiger partial charge < -0.3 is 4.74 Å². The zero-order valence-corrected chi connectivity index (χ0v) is 10.4. The summed E-state index contributed by atoms with van der Waals surface area (Å²) in [5, 5.41) is 0. The van der Waals surface area contributed by atoms with Crippen LogP contribution < -0.4 is 0 Å². The van der Waals surface area contributed by atoms with Crippen LogP contribution in [0.4, 0.5) is 0 Å². The number of ether oxygens (including phenoxy) is 1. The fourth-order valence-corrected chi connectivity index (χ4v) is 1.31. The Morgan fingerprint density at radius 3 is 2.41 bits per heavy atom. The molecule has 0 spiro atoms. The lowest BCUT2D eigenvalue weighted by atomic mass is 10.2. The average Bonchev–Trinajstić information content (AvgIpc) is 2.28. The Kier molecular flexibility index (Phi) is 5.70. The lowest BCUT2D eigenvalue weighted by molar-refractivity contribution is 0.153. The molecule has 0 unspecified atom stereocenters. The van der Waals surface area contributed by atoms with Crippen molar-refractivity contribution in [3.05, 3.63) is 35.9 Å². The summed E-state index contributed by atoms with van der Waals surface area (Å²) in [6, 6.07) is 9.72. The molecule has 0 aromatic heterocycles. The first-order valence-corrected chi connectivity index (χ1v) is 6.81. The molecule has 1 aromatic rings. The van der Waals surface area contributed by atoms with Crippen LogP contribution in [0.3, 0.4) is 0 Å². The van der Waals surface area contributed by atoms with Gasteiger partial charge in [0.15, 0.2) is 0 Å². The minimum Gasteiger partial charge on any atom is -0.364 e. The van der Waals surface area contributed by atoms with E-state index in [-0.39, 0.29) is 13.2 Å². The van der Waals surface area contributed by atoms with Crippen LogP contribution in [0.1, 0.15) is 5.56 Å². The van der Waals surface area contributed by atoms with Gasteiger partial charge in [0.2, 0.25) is 0 Å². The van der Waals surface area contributed by atoms with Gasteiger partial charge in [0.25, 0.3) is 10.1 Å². The first-order valence-electron chi connectivity index (χ1n) is 5.00. The van der Waals surface area contributed by atoms with E-state index in [4.69, 9.17) is 4.74 Å². The van der Waals surface area contributed by atoms with E-state index in [1.54, 1.807) is 0 Å². The van der Waals surface area contributed by atoms with Gasteiger partial charge in [0.05, 0.1) is 12.9 Å². The fraction of sp³-hybridized carbons (Fsp3) is 0.333. The predicted octanol–water partition coefficient (Wildman–Crippen LogP) is 1.18. The number of rotatable bonds is 5. The predicted molar refractivity (Wildman–Crippen MR) is 64.7 cm³/mol. The highest BCUT2D eigenvalue weighted by Gasteiger charge is 1.97. The Morgan fingerprint density at radius 1 is 1.12 bits per heavy atom. The fourth-order valence-electron chi connectivity index (χ4n) is 1.03. The largest absolute Gasteiger partial charge is 0.364 e. The summed E-state index contributed by atoms with van der Waals surface area (Å²) < 4.78 is 30.9. The van der Waals surface area contributed by atoms with Crippen LogP contribution in [0, 0.1) is 11.8 Å². The van der Waals surface area contributed by atoms with E-state index in [0.29, 0.717) is 6.61 Å². The van der Waals surface area contributed by atoms with Crippen molar-refractivity contribution in [3.63, 3.8) is 0 Å². The number of hydrogen-bond acceptors (Lipinski definition) is 4. The molecule has 0 N–H and O–H groups in total. The molecule has 0 saturated carbocycles. The van der Waals surface area contributed by atoms with E-state index < -0.39 is 10.1 Å².